The number of hydrogen-bond donors (Lipinski definition) is 2. The van der Waals surface area contributed by atoms with E-state index in [1.54, 1.807) is 4.57 Å². The van der Waals surface area contributed by atoms with E-state index >= 15 is 0 Å². The van der Waals surface area contributed by atoms with E-state index in [1.807, 2.05) is 75.4 Å². The molecule has 0 saturated carbocycles. The van der Waals surface area contributed by atoms with Gasteiger partial charge in [-0.05, 0) is 50.6 Å². The summed E-state index contributed by atoms with van der Waals surface area (Å²) in [7, 11) is 0. The van der Waals surface area contributed by atoms with Crippen molar-refractivity contribution >= 4 is 34.4 Å². The second-order valence-electron chi connectivity index (χ2n) is 7.24. The molecule has 0 saturated heterocycles. The number of aromatic amines is 1. The molecule has 2 aromatic heterocycles. The van der Waals surface area contributed by atoms with E-state index in [0.717, 1.165) is 22.5 Å². The maximum Gasteiger partial charge on any atom is 0.283 e. The highest BCUT2D eigenvalue weighted by Gasteiger charge is 2.16. The molecule has 2 heterocycles. The normalized spacial score (nSPS) is 11.0. The number of benzene rings is 2. The summed E-state index contributed by atoms with van der Waals surface area (Å²) in [4.78, 5) is 33.5. The number of anilines is 1. The van der Waals surface area contributed by atoms with Gasteiger partial charge in [0, 0.05) is 11.4 Å². The second kappa shape index (κ2) is 8.20. The molecule has 2 N–H and O–H groups in total. The summed E-state index contributed by atoms with van der Waals surface area (Å²) in [6.07, 6.45) is 0. The van der Waals surface area contributed by atoms with Crippen molar-refractivity contribution in [3.05, 3.63) is 81.8 Å². The molecular weight excluding hydrogens is 396 g/mol. The van der Waals surface area contributed by atoms with Crippen molar-refractivity contribution in [3.8, 4) is 5.69 Å². The Kier molecular flexibility index (Phi) is 5.46. The zero-order chi connectivity index (χ0) is 21.3. The van der Waals surface area contributed by atoms with E-state index in [2.05, 4.69) is 15.3 Å². The fourth-order valence-corrected chi connectivity index (χ4v) is 4.16. The largest absolute Gasteiger partial charge is 0.353 e. The van der Waals surface area contributed by atoms with Crippen molar-refractivity contribution in [2.75, 3.05) is 11.1 Å². The number of aryl methyl sites for hydroxylation is 3. The van der Waals surface area contributed by atoms with Gasteiger partial charge in [-0.1, -0.05) is 47.7 Å². The molecule has 2 aromatic carbocycles. The zero-order valence-corrected chi connectivity index (χ0v) is 17.8. The van der Waals surface area contributed by atoms with Crippen LogP contribution in [0.2, 0.25) is 0 Å². The number of hydrogen-bond acceptors (Lipinski definition) is 4. The highest BCUT2D eigenvalue weighted by atomic mass is 32.2. The average molecular weight is 419 g/mol. The quantitative estimate of drug-likeness (QED) is 0.373. The van der Waals surface area contributed by atoms with E-state index in [4.69, 9.17) is 0 Å². The maximum atomic E-state index is 13.2. The number of nitrogens with zero attached hydrogens (tertiary/aromatic N) is 2. The van der Waals surface area contributed by atoms with Crippen LogP contribution in [0.1, 0.15) is 16.8 Å². The number of thioether (sulfide) groups is 1. The summed E-state index contributed by atoms with van der Waals surface area (Å²) >= 11 is 1.24. The Morgan fingerprint density at radius 1 is 1.10 bits per heavy atom. The molecule has 4 rings (SSSR count). The van der Waals surface area contributed by atoms with Gasteiger partial charge in [0.25, 0.3) is 5.56 Å². The first-order valence-corrected chi connectivity index (χ1v) is 10.6. The highest BCUT2D eigenvalue weighted by molar-refractivity contribution is 7.99. The summed E-state index contributed by atoms with van der Waals surface area (Å²) in [5.74, 6) is -0.00670. The molecule has 0 bridgehead atoms. The van der Waals surface area contributed by atoms with Crippen LogP contribution in [0.25, 0.3) is 16.7 Å². The minimum atomic E-state index is -0.184. The van der Waals surface area contributed by atoms with Gasteiger partial charge in [0.2, 0.25) is 5.91 Å². The van der Waals surface area contributed by atoms with Gasteiger partial charge < -0.3 is 10.3 Å². The zero-order valence-electron chi connectivity index (χ0n) is 17.0. The molecule has 30 heavy (non-hydrogen) atoms. The van der Waals surface area contributed by atoms with Gasteiger partial charge >= 0.3 is 0 Å². The molecule has 6 nitrogen and oxygen atoms in total. The van der Waals surface area contributed by atoms with Gasteiger partial charge in [0.15, 0.2) is 5.16 Å². The molecule has 0 unspecified atom stereocenters. The molecule has 7 heteroatoms. The lowest BCUT2D eigenvalue weighted by atomic mass is 10.1. The third-order valence-corrected chi connectivity index (χ3v) is 5.70. The van der Waals surface area contributed by atoms with Crippen LogP contribution in [0.3, 0.4) is 0 Å². The standard InChI is InChI=1S/C23H22N4O2S/c1-14-9-10-18(15(2)11-14)25-20(28)13-30-23-26-19-12-16(3)24-21(19)22(29)27(23)17-7-5-4-6-8-17/h4-12,24H,13H2,1-3H3,(H,25,28). The van der Waals surface area contributed by atoms with Crippen molar-refractivity contribution in [2.45, 2.75) is 25.9 Å². The first-order valence-electron chi connectivity index (χ1n) is 9.60. The number of carbonyl (C=O) groups excluding carboxylic acids is 1. The van der Waals surface area contributed by atoms with Crippen LogP contribution < -0.4 is 10.9 Å². The fourth-order valence-electron chi connectivity index (χ4n) is 3.35. The number of para-hydroxylation sites is 1. The van der Waals surface area contributed by atoms with Gasteiger partial charge in [0.1, 0.15) is 5.52 Å². The molecule has 0 spiro atoms. The van der Waals surface area contributed by atoms with Crippen LogP contribution in [0.15, 0.2) is 64.5 Å². The Morgan fingerprint density at radius 3 is 2.60 bits per heavy atom. The molecule has 0 radical (unpaired) electrons. The predicted octanol–water partition coefficient (Wildman–Crippen LogP) is 4.37. The topological polar surface area (TPSA) is 79.8 Å². The summed E-state index contributed by atoms with van der Waals surface area (Å²) in [5.41, 5.74) is 5.39. The van der Waals surface area contributed by atoms with Crippen molar-refractivity contribution < 1.29 is 4.79 Å². The average Bonchev–Trinajstić information content (AvgIpc) is 3.10. The predicted molar refractivity (Wildman–Crippen MR) is 122 cm³/mol. The van der Waals surface area contributed by atoms with Gasteiger partial charge in [0.05, 0.1) is 17.0 Å². The van der Waals surface area contributed by atoms with Crippen molar-refractivity contribution in [3.63, 3.8) is 0 Å². The number of fused-ring (bicyclic) bond motifs is 1. The summed E-state index contributed by atoms with van der Waals surface area (Å²) in [6.45, 7) is 5.87. The van der Waals surface area contributed by atoms with Gasteiger partial charge in [-0.15, -0.1) is 0 Å². The summed E-state index contributed by atoms with van der Waals surface area (Å²) < 4.78 is 1.55. The van der Waals surface area contributed by atoms with Crippen LogP contribution in [0.5, 0.6) is 0 Å². The van der Waals surface area contributed by atoms with Crippen molar-refractivity contribution in [1.29, 1.82) is 0 Å². The number of amides is 1. The summed E-state index contributed by atoms with van der Waals surface area (Å²) in [6, 6.07) is 17.1. The van der Waals surface area contributed by atoms with E-state index in [9.17, 15) is 9.59 Å². The van der Waals surface area contributed by atoms with Crippen LogP contribution in [-0.4, -0.2) is 26.2 Å². The minimum Gasteiger partial charge on any atom is -0.353 e. The second-order valence-corrected chi connectivity index (χ2v) is 8.18. The number of nitrogens with one attached hydrogen (secondary N) is 2. The van der Waals surface area contributed by atoms with E-state index < -0.39 is 0 Å². The Hall–Kier alpha value is -3.32. The number of H-pyrrole nitrogens is 1. The number of aromatic nitrogens is 3. The molecule has 1 amide bonds. The highest BCUT2D eigenvalue weighted by Crippen LogP contribution is 2.22. The number of rotatable bonds is 5. The third-order valence-electron chi connectivity index (χ3n) is 4.76. The van der Waals surface area contributed by atoms with Crippen LogP contribution >= 0.6 is 11.8 Å². The lowest BCUT2D eigenvalue weighted by molar-refractivity contribution is -0.113. The molecule has 0 aliphatic rings. The van der Waals surface area contributed by atoms with Crippen LogP contribution in [0, 0.1) is 20.8 Å². The molecule has 0 atom stereocenters. The van der Waals surface area contributed by atoms with Gasteiger partial charge in [-0.3, -0.25) is 14.2 Å². The van der Waals surface area contributed by atoms with Crippen molar-refractivity contribution in [2.24, 2.45) is 0 Å². The third kappa shape index (κ3) is 4.02. The summed E-state index contributed by atoms with van der Waals surface area (Å²) in [5, 5.41) is 3.42. The van der Waals surface area contributed by atoms with Gasteiger partial charge in [-0.25, -0.2) is 4.98 Å². The minimum absolute atomic E-state index is 0.140. The molecule has 152 valence electrons. The first-order chi connectivity index (χ1) is 14.4. The van der Waals surface area contributed by atoms with Gasteiger partial charge in [-0.2, -0.15) is 0 Å². The van der Waals surface area contributed by atoms with Crippen LogP contribution in [0.4, 0.5) is 5.69 Å². The maximum absolute atomic E-state index is 13.2. The van der Waals surface area contributed by atoms with E-state index in [0.29, 0.717) is 21.9 Å². The fraction of sp³-hybridized carbons (Fsp3) is 0.174. The molecule has 0 fully saturated rings. The number of carbonyl (C=O) groups is 1. The Balaban J connectivity index is 1.64. The molecular formula is C23H22N4O2S. The molecule has 0 aliphatic carbocycles. The molecule has 0 aliphatic heterocycles. The lowest BCUT2D eigenvalue weighted by Crippen LogP contribution is -2.23. The molecule has 4 aromatic rings. The SMILES string of the molecule is Cc1ccc(NC(=O)CSc2nc3cc(C)[nH]c3c(=O)n2-c2ccccc2)c(C)c1. The Morgan fingerprint density at radius 2 is 1.87 bits per heavy atom. The van der Waals surface area contributed by atoms with E-state index in [1.165, 1.54) is 11.8 Å². The smallest absolute Gasteiger partial charge is 0.283 e. The monoisotopic (exact) mass is 418 g/mol. The Labute approximate surface area is 178 Å². The Bertz CT molecular complexity index is 1290. The van der Waals surface area contributed by atoms with Crippen molar-refractivity contribution in [1.82, 2.24) is 14.5 Å². The first kappa shape index (κ1) is 20.0. The van der Waals surface area contributed by atoms with Crippen LogP contribution in [-0.2, 0) is 4.79 Å². The van der Waals surface area contributed by atoms with E-state index in [-0.39, 0.29) is 17.2 Å². The lowest BCUT2D eigenvalue weighted by Gasteiger charge is -2.12.